The van der Waals surface area contributed by atoms with Crippen molar-refractivity contribution in [1.29, 1.82) is 0 Å². The average Bonchev–Trinajstić information content (AvgIpc) is 2.70. The van der Waals surface area contributed by atoms with Crippen LogP contribution in [-0.2, 0) is 9.53 Å². The summed E-state index contributed by atoms with van der Waals surface area (Å²) in [5.74, 6) is 0.398. The first-order chi connectivity index (χ1) is 13.8. The van der Waals surface area contributed by atoms with Crippen LogP contribution in [0.1, 0.15) is 64.2 Å². The van der Waals surface area contributed by atoms with Gasteiger partial charge >= 0.3 is 5.97 Å². The molecule has 0 heterocycles. The van der Waals surface area contributed by atoms with Crippen LogP contribution in [0.2, 0.25) is 0 Å². The molecule has 0 radical (unpaired) electrons. The van der Waals surface area contributed by atoms with E-state index >= 15 is 0 Å². The molecule has 0 aliphatic carbocycles. The maximum atomic E-state index is 11.7. The van der Waals surface area contributed by atoms with E-state index in [-0.39, 0.29) is 17.8 Å². The summed E-state index contributed by atoms with van der Waals surface area (Å²) in [5, 5.41) is 3.40. The van der Waals surface area contributed by atoms with Crippen molar-refractivity contribution in [3.63, 3.8) is 0 Å². The van der Waals surface area contributed by atoms with Crippen molar-refractivity contribution in [2.75, 3.05) is 11.9 Å². The predicted octanol–water partition coefficient (Wildman–Crippen LogP) is 6.62. The summed E-state index contributed by atoms with van der Waals surface area (Å²) in [6, 6.07) is 17.5. The molecular weight excluding hydrogens is 358 g/mol. The Morgan fingerprint density at radius 2 is 1.38 bits per heavy atom. The van der Waals surface area contributed by atoms with Gasteiger partial charge in [-0.1, -0.05) is 76.2 Å². The van der Waals surface area contributed by atoms with Crippen molar-refractivity contribution in [3.05, 3.63) is 65.2 Å². The molecule has 0 aliphatic rings. The van der Waals surface area contributed by atoms with Gasteiger partial charge in [0.05, 0.1) is 12.5 Å². The van der Waals surface area contributed by atoms with Gasteiger partial charge < -0.3 is 10.1 Å². The van der Waals surface area contributed by atoms with E-state index in [1.54, 1.807) is 0 Å². The minimum atomic E-state index is -0.127. The molecule has 2 aromatic rings. The molecule has 0 fully saturated rings. The van der Waals surface area contributed by atoms with E-state index in [0.29, 0.717) is 18.6 Å². The van der Waals surface area contributed by atoms with Crippen molar-refractivity contribution in [2.24, 2.45) is 11.8 Å². The van der Waals surface area contributed by atoms with Crippen molar-refractivity contribution in [2.45, 2.75) is 53.5 Å². The summed E-state index contributed by atoms with van der Waals surface area (Å²) in [4.78, 5) is 11.7. The van der Waals surface area contributed by atoms with Gasteiger partial charge in [0.2, 0.25) is 0 Å². The van der Waals surface area contributed by atoms with Gasteiger partial charge in [0, 0.05) is 11.7 Å². The maximum Gasteiger partial charge on any atom is 0.308 e. The van der Waals surface area contributed by atoms with Gasteiger partial charge in [-0.25, -0.2) is 0 Å². The van der Waals surface area contributed by atoms with Crippen LogP contribution >= 0.6 is 0 Å². The molecule has 0 amide bonds. The van der Waals surface area contributed by atoms with Gasteiger partial charge in [0.1, 0.15) is 0 Å². The Labute approximate surface area is 176 Å². The number of hydrogen-bond donors (Lipinski definition) is 1. The molecular formula is C26H35NO2. The van der Waals surface area contributed by atoms with Crippen LogP contribution in [0, 0.1) is 11.8 Å². The lowest BCUT2D eigenvalue weighted by Gasteiger charge is -2.21. The summed E-state index contributed by atoms with van der Waals surface area (Å²) in [6.45, 7) is 12.8. The molecule has 0 aromatic heterocycles. The van der Waals surface area contributed by atoms with E-state index in [2.05, 4.69) is 93.7 Å². The Morgan fingerprint density at radius 1 is 0.862 bits per heavy atom. The molecule has 0 saturated heterocycles. The first-order valence-electron chi connectivity index (χ1n) is 10.6. The second kappa shape index (κ2) is 10.8. The second-order valence-electron chi connectivity index (χ2n) is 8.47. The van der Waals surface area contributed by atoms with Crippen LogP contribution < -0.4 is 5.32 Å². The molecule has 0 aliphatic heterocycles. The van der Waals surface area contributed by atoms with Gasteiger partial charge in [-0.2, -0.15) is 0 Å². The number of esters is 1. The van der Waals surface area contributed by atoms with Crippen LogP contribution in [0.5, 0.6) is 0 Å². The van der Waals surface area contributed by atoms with Crippen LogP contribution in [-0.4, -0.2) is 18.6 Å². The zero-order valence-electron chi connectivity index (χ0n) is 18.6. The Hall–Kier alpha value is -2.55. The quantitative estimate of drug-likeness (QED) is 0.384. The van der Waals surface area contributed by atoms with Crippen LogP contribution in [0.25, 0.3) is 12.2 Å². The lowest BCUT2D eigenvalue weighted by atomic mass is 9.89. The topological polar surface area (TPSA) is 38.3 Å². The minimum Gasteiger partial charge on any atom is -0.465 e. The third-order valence-electron chi connectivity index (χ3n) is 5.11. The maximum absolute atomic E-state index is 11.7. The van der Waals surface area contributed by atoms with E-state index in [0.717, 1.165) is 5.69 Å². The zero-order valence-corrected chi connectivity index (χ0v) is 18.6. The fourth-order valence-electron chi connectivity index (χ4n) is 2.98. The van der Waals surface area contributed by atoms with E-state index in [1.807, 2.05) is 13.8 Å². The summed E-state index contributed by atoms with van der Waals surface area (Å²) in [6.07, 6.45) is 4.26. The molecule has 29 heavy (non-hydrogen) atoms. The summed E-state index contributed by atoms with van der Waals surface area (Å²) < 4.78 is 5.39. The minimum absolute atomic E-state index is 0.0775. The van der Waals surface area contributed by atoms with E-state index in [9.17, 15) is 4.79 Å². The highest BCUT2D eigenvalue weighted by atomic mass is 16.5. The second-order valence-corrected chi connectivity index (χ2v) is 8.47. The van der Waals surface area contributed by atoms with Gasteiger partial charge in [0.25, 0.3) is 0 Å². The largest absolute Gasteiger partial charge is 0.465 e. The van der Waals surface area contributed by atoms with Crippen LogP contribution in [0.4, 0.5) is 5.69 Å². The molecule has 2 rings (SSSR count). The zero-order chi connectivity index (χ0) is 21.4. The number of benzene rings is 2. The summed E-state index contributed by atoms with van der Waals surface area (Å²) >= 11 is 0. The van der Waals surface area contributed by atoms with E-state index in [4.69, 9.17) is 4.74 Å². The molecule has 2 atom stereocenters. The van der Waals surface area contributed by atoms with Crippen molar-refractivity contribution >= 4 is 23.8 Å². The van der Waals surface area contributed by atoms with Crippen LogP contribution in [0.15, 0.2) is 48.5 Å². The Kier molecular flexibility index (Phi) is 8.50. The molecule has 156 valence electrons. The van der Waals surface area contributed by atoms with Crippen molar-refractivity contribution in [1.82, 2.24) is 0 Å². The van der Waals surface area contributed by atoms with Gasteiger partial charge in [-0.15, -0.1) is 0 Å². The lowest BCUT2D eigenvalue weighted by Crippen LogP contribution is -2.19. The number of ether oxygens (including phenoxy) is 1. The highest BCUT2D eigenvalue weighted by Crippen LogP contribution is 2.25. The summed E-state index contributed by atoms with van der Waals surface area (Å²) in [5.41, 5.74) is 4.75. The Morgan fingerprint density at radius 3 is 1.86 bits per heavy atom. The average molecular weight is 394 g/mol. The molecule has 0 spiro atoms. The Balaban J connectivity index is 1.93. The number of nitrogens with one attached hydrogen (secondary N) is 1. The van der Waals surface area contributed by atoms with Crippen LogP contribution in [0.3, 0.4) is 0 Å². The lowest BCUT2D eigenvalue weighted by molar-refractivity contribution is -0.148. The summed E-state index contributed by atoms with van der Waals surface area (Å²) in [7, 11) is 0. The molecule has 2 aromatic carbocycles. The van der Waals surface area contributed by atoms with Crippen molar-refractivity contribution in [3.8, 4) is 0 Å². The van der Waals surface area contributed by atoms with Crippen molar-refractivity contribution < 1.29 is 9.53 Å². The number of anilines is 1. The molecule has 0 bridgehead atoms. The predicted molar refractivity (Wildman–Crippen MR) is 124 cm³/mol. The highest BCUT2D eigenvalue weighted by Gasteiger charge is 2.17. The van der Waals surface area contributed by atoms with E-state index in [1.165, 1.54) is 16.7 Å². The highest BCUT2D eigenvalue weighted by molar-refractivity contribution is 5.71. The normalized spacial score (nSPS) is 13.7. The molecule has 1 N–H and O–H groups in total. The van der Waals surface area contributed by atoms with Gasteiger partial charge in [0.15, 0.2) is 0 Å². The van der Waals surface area contributed by atoms with E-state index < -0.39 is 0 Å². The fourth-order valence-corrected chi connectivity index (χ4v) is 2.98. The first kappa shape index (κ1) is 22.7. The SMILES string of the molecule is CC(C)Nc1ccc(/C=C/c2ccc(C(C)C(C)COC(=O)C(C)C)cc2)cc1. The fraction of sp³-hybridized carbons (Fsp3) is 0.423. The molecule has 3 heteroatoms. The first-order valence-corrected chi connectivity index (χ1v) is 10.6. The third kappa shape index (κ3) is 7.41. The molecule has 2 unspecified atom stereocenters. The van der Waals surface area contributed by atoms with Gasteiger partial charge in [-0.05, 0) is 54.5 Å². The number of carbonyl (C=O) groups is 1. The molecule has 0 saturated carbocycles. The number of carbonyl (C=O) groups excluding carboxylic acids is 1. The standard InChI is InChI=1S/C26H35NO2/c1-18(2)26(28)29-17-20(5)21(6)24-13-9-22(10-14-24)7-8-23-11-15-25(16-12-23)27-19(3)4/h7-16,18-21,27H,17H2,1-6H3/b8-7+. The number of rotatable bonds is 9. The molecule has 3 nitrogen and oxygen atoms in total. The monoisotopic (exact) mass is 393 g/mol. The number of hydrogen-bond acceptors (Lipinski definition) is 3. The smallest absolute Gasteiger partial charge is 0.308 e. The van der Waals surface area contributed by atoms with Gasteiger partial charge in [-0.3, -0.25) is 4.79 Å². The Bertz CT molecular complexity index is 788. The third-order valence-corrected chi connectivity index (χ3v) is 5.11.